The lowest BCUT2D eigenvalue weighted by atomic mass is 9.82. The number of primary amides is 1. The lowest BCUT2D eigenvalue weighted by Crippen LogP contribution is -2.61. The number of hydrogen-bond acceptors (Lipinski definition) is 7. The highest BCUT2D eigenvalue weighted by atomic mass is 16.7. The largest absolute Gasteiger partial charge is 0.427 e. The minimum absolute atomic E-state index is 0.0277. The van der Waals surface area contributed by atoms with Crippen LogP contribution in [0.3, 0.4) is 0 Å². The molecule has 2 heterocycles. The average Bonchev–Trinajstić information content (AvgIpc) is 3.01. The summed E-state index contributed by atoms with van der Waals surface area (Å²) >= 11 is 0. The minimum Gasteiger partial charge on any atom is -0.427 e. The summed E-state index contributed by atoms with van der Waals surface area (Å²) in [6.45, 7) is 5.94. The zero-order valence-corrected chi connectivity index (χ0v) is 18.4. The van der Waals surface area contributed by atoms with E-state index in [0.717, 1.165) is 0 Å². The molecule has 0 unspecified atom stereocenters. The van der Waals surface area contributed by atoms with E-state index in [-0.39, 0.29) is 11.6 Å². The maximum atomic E-state index is 12.9. The van der Waals surface area contributed by atoms with Crippen molar-refractivity contribution in [1.29, 1.82) is 0 Å². The monoisotopic (exact) mass is 445 g/mol. The predicted molar refractivity (Wildman–Crippen MR) is 113 cm³/mol. The van der Waals surface area contributed by atoms with Crippen LogP contribution in [0.4, 0.5) is 10.5 Å². The maximum absolute atomic E-state index is 12.9. The molecule has 4 N–H and O–H groups in total. The molecule has 172 valence electrons. The van der Waals surface area contributed by atoms with E-state index in [1.165, 1.54) is 11.8 Å². The van der Waals surface area contributed by atoms with Crippen LogP contribution in [-0.4, -0.2) is 52.8 Å². The predicted octanol–water partition coefficient (Wildman–Crippen LogP) is 1.59. The number of nitrogens with two attached hydrogens (primary N) is 1. The fraction of sp³-hybridized carbons (Fsp3) is 0.455. The van der Waals surface area contributed by atoms with Gasteiger partial charge in [-0.25, -0.2) is 9.59 Å². The molecule has 32 heavy (non-hydrogen) atoms. The Morgan fingerprint density at radius 1 is 1.28 bits per heavy atom. The summed E-state index contributed by atoms with van der Waals surface area (Å²) in [5.41, 5.74) is 5.97. The first-order valence-electron chi connectivity index (χ1n) is 10.2. The number of esters is 2. The van der Waals surface area contributed by atoms with Crippen LogP contribution in [0.2, 0.25) is 0 Å². The number of rotatable bonds is 6. The van der Waals surface area contributed by atoms with Crippen molar-refractivity contribution < 1.29 is 33.8 Å². The van der Waals surface area contributed by atoms with Crippen LogP contribution in [-0.2, 0) is 23.9 Å². The minimum atomic E-state index is -0.879. The van der Waals surface area contributed by atoms with Crippen LogP contribution in [0.15, 0.2) is 30.0 Å². The molecule has 3 amide bonds. The number of aliphatic hydroxyl groups is 1. The highest BCUT2D eigenvalue weighted by molar-refractivity contribution is 6.07. The Kier molecular flexibility index (Phi) is 6.27. The third-order valence-electron chi connectivity index (χ3n) is 5.39. The van der Waals surface area contributed by atoms with Crippen LogP contribution in [0.5, 0.6) is 0 Å². The highest BCUT2D eigenvalue weighted by Gasteiger charge is 2.57. The van der Waals surface area contributed by atoms with Crippen LogP contribution in [0.1, 0.15) is 39.7 Å². The van der Waals surface area contributed by atoms with Crippen molar-refractivity contribution in [2.24, 2.45) is 17.1 Å². The molecule has 10 heteroatoms. The van der Waals surface area contributed by atoms with E-state index in [1.807, 2.05) is 0 Å². The van der Waals surface area contributed by atoms with Gasteiger partial charge in [-0.15, -0.1) is 0 Å². The van der Waals surface area contributed by atoms with Gasteiger partial charge in [0, 0.05) is 5.69 Å². The molecule has 0 spiro atoms. The number of urea groups is 1. The number of β-lactam (4-membered cyclic amide) rings is 1. The molecule has 1 saturated heterocycles. The van der Waals surface area contributed by atoms with E-state index in [2.05, 4.69) is 5.32 Å². The van der Waals surface area contributed by atoms with Crippen molar-refractivity contribution in [3.05, 3.63) is 35.5 Å². The number of amides is 3. The molecule has 0 aromatic heterocycles. The Balaban J connectivity index is 1.89. The van der Waals surface area contributed by atoms with Crippen LogP contribution >= 0.6 is 0 Å². The van der Waals surface area contributed by atoms with Gasteiger partial charge in [-0.1, -0.05) is 12.1 Å². The first-order valence-corrected chi connectivity index (χ1v) is 10.2. The number of hydrogen-bond donors (Lipinski definition) is 3. The Hall–Kier alpha value is -3.40. The number of carbonyl (C=O) groups excluding carboxylic acids is 4. The van der Waals surface area contributed by atoms with Gasteiger partial charge in [-0.05, 0) is 57.4 Å². The van der Waals surface area contributed by atoms with Crippen LogP contribution in [0, 0.1) is 11.3 Å². The Labute approximate surface area is 185 Å². The Morgan fingerprint density at radius 2 is 1.97 bits per heavy atom. The molecule has 2 aliphatic heterocycles. The Morgan fingerprint density at radius 3 is 2.56 bits per heavy atom. The number of fused-ring (bicyclic) bond motifs is 1. The standard InChI is InChI=1S/C22H27N3O7/c1-11(26)16-15-9-14(12-6-5-7-13(8-12)24-21(23)30)17(25(15)18(16)27)19(28)31-10-32-20(29)22(2,3)4/h5-8,11,15-16,26H,9-10H2,1-4H3,(H3,23,24,30)/t11-,15-,16-/m1/s1. The van der Waals surface area contributed by atoms with Gasteiger partial charge in [-0.2, -0.15) is 0 Å². The highest BCUT2D eigenvalue weighted by Crippen LogP contribution is 2.47. The SMILES string of the molecule is C[C@@H](O)[C@H]1C(=O)N2C(C(=O)OCOC(=O)C(C)(C)C)=C(c3cccc(NC(N)=O)c3)C[C@H]12. The summed E-state index contributed by atoms with van der Waals surface area (Å²) in [5, 5.41) is 12.5. The summed E-state index contributed by atoms with van der Waals surface area (Å²) < 4.78 is 10.1. The number of carbonyl (C=O) groups is 4. The van der Waals surface area contributed by atoms with Gasteiger partial charge in [0.05, 0.1) is 23.5 Å². The summed E-state index contributed by atoms with van der Waals surface area (Å²) in [6.07, 6.45) is -0.566. The quantitative estimate of drug-likeness (QED) is 0.342. The van der Waals surface area contributed by atoms with Crippen molar-refractivity contribution in [2.75, 3.05) is 12.1 Å². The third-order valence-corrected chi connectivity index (χ3v) is 5.39. The summed E-state index contributed by atoms with van der Waals surface area (Å²) in [4.78, 5) is 50.0. The fourth-order valence-corrected chi connectivity index (χ4v) is 3.86. The van der Waals surface area contributed by atoms with Crippen molar-refractivity contribution in [2.45, 2.75) is 46.3 Å². The maximum Gasteiger partial charge on any atom is 0.358 e. The number of nitrogens with one attached hydrogen (secondary N) is 1. The van der Waals surface area contributed by atoms with Gasteiger partial charge in [0.1, 0.15) is 5.70 Å². The van der Waals surface area contributed by atoms with Crippen molar-refractivity contribution in [3.8, 4) is 0 Å². The van der Waals surface area contributed by atoms with E-state index in [9.17, 15) is 24.3 Å². The first kappa shape index (κ1) is 23.3. The number of ether oxygens (including phenoxy) is 2. The summed E-state index contributed by atoms with van der Waals surface area (Å²) in [6, 6.07) is 5.52. The third kappa shape index (κ3) is 4.45. The number of nitrogens with zero attached hydrogens (tertiary/aromatic N) is 1. The second-order valence-corrected chi connectivity index (χ2v) is 8.87. The number of aliphatic hydroxyl groups excluding tert-OH is 1. The molecule has 10 nitrogen and oxygen atoms in total. The molecule has 2 aliphatic rings. The van der Waals surface area contributed by atoms with E-state index < -0.39 is 48.2 Å². The molecule has 3 atom stereocenters. The lowest BCUT2D eigenvalue weighted by molar-refractivity contribution is -0.175. The molecule has 1 aromatic carbocycles. The van der Waals surface area contributed by atoms with Crippen molar-refractivity contribution in [1.82, 2.24) is 4.90 Å². The summed E-state index contributed by atoms with van der Waals surface area (Å²) in [7, 11) is 0. The molecule has 0 bridgehead atoms. The van der Waals surface area contributed by atoms with Crippen LogP contribution in [0.25, 0.3) is 5.57 Å². The van der Waals surface area contributed by atoms with Crippen LogP contribution < -0.4 is 11.1 Å². The fourth-order valence-electron chi connectivity index (χ4n) is 3.86. The first-order chi connectivity index (χ1) is 14.9. The van der Waals surface area contributed by atoms with Crippen molar-refractivity contribution >= 4 is 35.1 Å². The molecule has 3 rings (SSSR count). The molecule has 0 aliphatic carbocycles. The second-order valence-electron chi connectivity index (χ2n) is 8.87. The summed E-state index contributed by atoms with van der Waals surface area (Å²) in [5.74, 6) is -2.39. The zero-order valence-electron chi connectivity index (χ0n) is 18.4. The van der Waals surface area contributed by atoms with Gasteiger partial charge < -0.3 is 30.5 Å². The van der Waals surface area contributed by atoms with Gasteiger partial charge in [-0.3, -0.25) is 9.59 Å². The molecule has 0 radical (unpaired) electrons. The van der Waals surface area contributed by atoms with E-state index in [0.29, 0.717) is 23.2 Å². The lowest BCUT2D eigenvalue weighted by Gasteiger charge is -2.44. The molecular formula is C22H27N3O7. The number of anilines is 1. The van der Waals surface area contributed by atoms with E-state index in [4.69, 9.17) is 15.2 Å². The Bertz CT molecular complexity index is 993. The smallest absolute Gasteiger partial charge is 0.358 e. The molecule has 1 aromatic rings. The van der Waals surface area contributed by atoms with Gasteiger partial charge >= 0.3 is 18.0 Å². The second kappa shape index (κ2) is 8.62. The number of benzene rings is 1. The van der Waals surface area contributed by atoms with Gasteiger partial charge in [0.25, 0.3) is 0 Å². The van der Waals surface area contributed by atoms with Crippen molar-refractivity contribution in [3.63, 3.8) is 0 Å². The topological polar surface area (TPSA) is 148 Å². The van der Waals surface area contributed by atoms with E-state index in [1.54, 1.807) is 45.0 Å². The molecular weight excluding hydrogens is 418 g/mol. The average molecular weight is 445 g/mol. The zero-order chi connectivity index (χ0) is 23.8. The van der Waals surface area contributed by atoms with Gasteiger partial charge in [0.15, 0.2) is 0 Å². The normalized spacial score (nSPS) is 20.9. The molecule has 0 saturated carbocycles. The van der Waals surface area contributed by atoms with E-state index >= 15 is 0 Å². The molecule has 1 fully saturated rings. The van der Waals surface area contributed by atoms with Gasteiger partial charge in [0.2, 0.25) is 12.7 Å².